The first-order valence-corrected chi connectivity index (χ1v) is 12.5. The second kappa shape index (κ2) is 9.68. The van der Waals surface area contributed by atoms with Gasteiger partial charge in [-0.05, 0) is 74.1 Å². The van der Waals surface area contributed by atoms with Crippen LogP contribution < -0.4 is 11.1 Å². The molecule has 3 N–H and O–H groups in total. The first-order valence-electron chi connectivity index (χ1n) is 12.5. The van der Waals surface area contributed by atoms with Crippen molar-refractivity contribution in [3.8, 4) is 11.4 Å². The standard InChI is InChI=1S/C28H35FN4/c1-2-3-8-22(16-29)31-17-19-11-14-25(32-18-19)28-27(30)24-13-12-21(20-6-4-7-20)15-26(24)33(28)23-9-5-10-23/h2,11-15,18,20,22-23,31H,1,3-10,16-17,30H2. The Kier molecular flexibility index (Phi) is 6.50. The number of allylic oxidation sites excluding steroid dienone is 1. The van der Waals surface area contributed by atoms with Crippen molar-refractivity contribution in [2.45, 2.75) is 75.9 Å². The second-order valence-corrected chi connectivity index (χ2v) is 9.77. The molecule has 2 aliphatic rings. The zero-order valence-electron chi connectivity index (χ0n) is 19.4. The maximum absolute atomic E-state index is 13.2. The molecule has 2 heterocycles. The average Bonchev–Trinajstić information content (AvgIpc) is 3.04. The summed E-state index contributed by atoms with van der Waals surface area (Å²) in [5.41, 5.74) is 13.3. The van der Waals surface area contributed by atoms with E-state index < -0.39 is 0 Å². The number of nitrogens with zero attached hydrogens (tertiary/aromatic N) is 2. The van der Waals surface area contributed by atoms with E-state index in [1.165, 1.54) is 49.6 Å². The minimum absolute atomic E-state index is 0.149. The van der Waals surface area contributed by atoms with Gasteiger partial charge < -0.3 is 15.6 Å². The summed E-state index contributed by atoms with van der Waals surface area (Å²) >= 11 is 0. The Bertz CT molecular complexity index is 1110. The maximum atomic E-state index is 13.2. The first-order chi connectivity index (χ1) is 16.2. The third-order valence-electron chi connectivity index (χ3n) is 7.65. The first kappa shape index (κ1) is 22.1. The van der Waals surface area contributed by atoms with Gasteiger partial charge in [0.15, 0.2) is 0 Å². The maximum Gasteiger partial charge on any atom is 0.105 e. The topological polar surface area (TPSA) is 55.9 Å². The molecule has 0 bridgehead atoms. The van der Waals surface area contributed by atoms with E-state index >= 15 is 0 Å². The van der Waals surface area contributed by atoms with Crippen LogP contribution in [0.25, 0.3) is 22.3 Å². The molecular formula is C28H35FN4. The number of rotatable bonds is 10. The Labute approximate surface area is 196 Å². The minimum atomic E-state index is -0.375. The van der Waals surface area contributed by atoms with Crippen LogP contribution in [0.3, 0.4) is 0 Å². The highest BCUT2D eigenvalue weighted by Gasteiger charge is 2.28. The van der Waals surface area contributed by atoms with Gasteiger partial charge in [0.25, 0.3) is 0 Å². The van der Waals surface area contributed by atoms with Crippen molar-refractivity contribution in [1.82, 2.24) is 14.9 Å². The average molecular weight is 447 g/mol. The van der Waals surface area contributed by atoms with Crippen molar-refractivity contribution in [1.29, 1.82) is 0 Å². The van der Waals surface area contributed by atoms with Gasteiger partial charge in [0.2, 0.25) is 0 Å². The van der Waals surface area contributed by atoms with Crippen LogP contribution in [0.15, 0.2) is 49.2 Å². The van der Waals surface area contributed by atoms with Crippen LogP contribution in [0.1, 0.15) is 74.5 Å². The molecule has 3 aromatic rings. The number of alkyl halides is 1. The van der Waals surface area contributed by atoms with E-state index in [0.717, 1.165) is 40.9 Å². The molecule has 1 unspecified atom stereocenters. The summed E-state index contributed by atoms with van der Waals surface area (Å²) in [4.78, 5) is 4.81. The summed E-state index contributed by atoms with van der Waals surface area (Å²) in [5, 5.41) is 4.43. The van der Waals surface area contributed by atoms with E-state index in [1.807, 2.05) is 12.3 Å². The molecule has 2 fully saturated rings. The van der Waals surface area contributed by atoms with Gasteiger partial charge in [-0.2, -0.15) is 0 Å². The quantitative estimate of drug-likeness (QED) is 0.342. The number of hydrogen-bond acceptors (Lipinski definition) is 3. The highest BCUT2D eigenvalue weighted by Crippen LogP contribution is 2.45. The zero-order chi connectivity index (χ0) is 22.8. The molecule has 4 nitrogen and oxygen atoms in total. The van der Waals surface area contributed by atoms with Gasteiger partial charge in [0, 0.05) is 30.2 Å². The second-order valence-electron chi connectivity index (χ2n) is 9.77. The van der Waals surface area contributed by atoms with E-state index in [9.17, 15) is 4.39 Å². The summed E-state index contributed by atoms with van der Waals surface area (Å²) in [6.45, 7) is 3.95. The van der Waals surface area contributed by atoms with Crippen LogP contribution >= 0.6 is 0 Å². The fraction of sp³-hybridized carbons (Fsp3) is 0.464. The van der Waals surface area contributed by atoms with Gasteiger partial charge in [-0.25, -0.2) is 4.39 Å². The molecule has 2 saturated carbocycles. The van der Waals surface area contributed by atoms with Crippen LogP contribution in [0, 0.1) is 0 Å². The highest BCUT2D eigenvalue weighted by atomic mass is 19.1. The molecule has 0 aliphatic heterocycles. The molecule has 1 atom stereocenters. The number of nitrogens with two attached hydrogens (primary N) is 1. The van der Waals surface area contributed by atoms with Crippen LogP contribution in [-0.4, -0.2) is 22.3 Å². The number of hydrogen-bond donors (Lipinski definition) is 2. The van der Waals surface area contributed by atoms with E-state index in [2.05, 4.69) is 46.8 Å². The summed E-state index contributed by atoms with van der Waals surface area (Å²) in [6.07, 6.45) is 12.9. The third-order valence-corrected chi connectivity index (χ3v) is 7.65. The summed E-state index contributed by atoms with van der Waals surface area (Å²) < 4.78 is 15.7. The van der Waals surface area contributed by atoms with E-state index in [-0.39, 0.29) is 12.7 Å². The molecule has 0 spiro atoms. The summed E-state index contributed by atoms with van der Waals surface area (Å²) in [6, 6.07) is 11.4. The Morgan fingerprint density at radius 1 is 1.18 bits per heavy atom. The normalized spacial score (nSPS) is 17.6. The number of nitrogen functional groups attached to an aromatic ring is 1. The van der Waals surface area contributed by atoms with Gasteiger partial charge >= 0.3 is 0 Å². The van der Waals surface area contributed by atoms with Crippen LogP contribution in [0.2, 0.25) is 0 Å². The van der Waals surface area contributed by atoms with Crippen LogP contribution in [0.4, 0.5) is 10.1 Å². The molecule has 174 valence electrons. The Morgan fingerprint density at radius 2 is 2.00 bits per heavy atom. The predicted octanol–water partition coefficient (Wildman–Crippen LogP) is 6.67. The smallest absolute Gasteiger partial charge is 0.105 e. The number of aromatic nitrogens is 2. The van der Waals surface area contributed by atoms with Gasteiger partial charge in [0.05, 0.1) is 22.6 Å². The molecular weight excluding hydrogens is 411 g/mol. The van der Waals surface area contributed by atoms with E-state index in [1.54, 1.807) is 0 Å². The van der Waals surface area contributed by atoms with Gasteiger partial charge in [-0.1, -0.05) is 30.7 Å². The van der Waals surface area contributed by atoms with Crippen molar-refractivity contribution in [2.24, 2.45) is 0 Å². The molecule has 2 aromatic heterocycles. The third kappa shape index (κ3) is 4.31. The number of nitrogens with one attached hydrogen (secondary N) is 1. The Balaban J connectivity index is 1.44. The molecule has 5 heteroatoms. The van der Waals surface area contributed by atoms with Gasteiger partial charge in [-0.3, -0.25) is 4.98 Å². The molecule has 0 saturated heterocycles. The number of pyridine rings is 1. The fourth-order valence-electron chi connectivity index (χ4n) is 5.12. The Hall–Kier alpha value is -2.66. The van der Waals surface area contributed by atoms with Crippen molar-refractivity contribution in [3.05, 3.63) is 60.3 Å². The lowest BCUT2D eigenvalue weighted by molar-refractivity contribution is 0.324. The molecule has 5 rings (SSSR count). The molecule has 1 aromatic carbocycles. The predicted molar refractivity (Wildman–Crippen MR) is 135 cm³/mol. The van der Waals surface area contributed by atoms with Crippen LogP contribution in [0.5, 0.6) is 0 Å². The lowest BCUT2D eigenvalue weighted by Gasteiger charge is -2.31. The van der Waals surface area contributed by atoms with E-state index in [0.29, 0.717) is 18.5 Å². The SMILES string of the molecule is C=CCCC(CF)NCc1ccc(-c2c(N)c3ccc(C4CCC4)cc3n2C2CCC2)nc1. The molecule has 33 heavy (non-hydrogen) atoms. The molecule has 0 radical (unpaired) electrons. The summed E-state index contributed by atoms with van der Waals surface area (Å²) in [5.74, 6) is 0.702. The fourth-order valence-corrected chi connectivity index (χ4v) is 5.12. The number of halogens is 1. The number of benzene rings is 1. The molecule has 2 aliphatic carbocycles. The minimum Gasteiger partial charge on any atom is -0.396 e. The van der Waals surface area contributed by atoms with Crippen LogP contribution in [-0.2, 0) is 6.54 Å². The Morgan fingerprint density at radius 3 is 2.61 bits per heavy atom. The van der Waals surface area contributed by atoms with Crippen molar-refractivity contribution < 1.29 is 4.39 Å². The number of anilines is 1. The molecule has 0 amide bonds. The van der Waals surface area contributed by atoms with Crippen molar-refractivity contribution in [2.75, 3.05) is 12.4 Å². The van der Waals surface area contributed by atoms with Gasteiger partial charge in [0.1, 0.15) is 6.67 Å². The van der Waals surface area contributed by atoms with Crippen molar-refractivity contribution >= 4 is 16.6 Å². The van der Waals surface area contributed by atoms with E-state index in [4.69, 9.17) is 10.7 Å². The van der Waals surface area contributed by atoms with Gasteiger partial charge in [-0.15, -0.1) is 6.58 Å². The van der Waals surface area contributed by atoms with Crippen molar-refractivity contribution in [3.63, 3.8) is 0 Å². The monoisotopic (exact) mass is 446 g/mol. The lowest BCUT2D eigenvalue weighted by Crippen LogP contribution is -2.30. The zero-order valence-corrected chi connectivity index (χ0v) is 19.4. The highest BCUT2D eigenvalue weighted by molar-refractivity contribution is 6.00. The lowest BCUT2D eigenvalue weighted by atomic mass is 9.80. The number of fused-ring (bicyclic) bond motifs is 1. The summed E-state index contributed by atoms with van der Waals surface area (Å²) in [7, 11) is 0. The largest absolute Gasteiger partial charge is 0.396 e.